The Kier molecular flexibility index (Phi) is 14.2. The fraction of sp³-hybridized carbons (Fsp3) is 0.867. The first-order valence-corrected chi connectivity index (χ1v) is 7.92. The lowest BCUT2D eigenvalue weighted by atomic mass is 10.3. The van der Waals surface area contributed by atoms with Crippen LogP contribution in [0.4, 0.5) is 0 Å². The highest BCUT2D eigenvalue weighted by Crippen LogP contribution is 1.91. The van der Waals surface area contributed by atoms with Gasteiger partial charge >= 0.3 is 5.97 Å². The van der Waals surface area contributed by atoms with Gasteiger partial charge in [-0.05, 0) is 26.2 Å². The van der Waals surface area contributed by atoms with Gasteiger partial charge in [0.05, 0.1) is 6.61 Å². The Bertz CT molecular complexity index is 283. The summed E-state index contributed by atoms with van der Waals surface area (Å²) in [6.07, 6.45) is 4.41. The molecule has 0 aromatic rings. The van der Waals surface area contributed by atoms with E-state index in [2.05, 4.69) is 22.5 Å². The minimum absolute atomic E-state index is 0.147. The Labute approximate surface area is 128 Å². The first-order chi connectivity index (χ1) is 10.2. The summed E-state index contributed by atoms with van der Waals surface area (Å²) in [5.74, 6) is 0.610. The number of esters is 1. The number of unbranched alkanes of at least 4 members (excludes halogenated alkanes) is 1. The maximum Gasteiger partial charge on any atom is 0.305 e. The minimum atomic E-state index is -0.147. The average Bonchev–Trinajstić information content (AvgIpc) is 2.48. The van der Waals surface area contributed by atoms with Crippen LogP contribution in [-0.4, -0.2) is 51.9 Å². The van der Waals surface area contributed by atoms with Crippen molar-refractivity contribution in [3.63, 3.8) is 0 Å². The molecule has 0 bridgehead atoms. The van der Waals surface area contributed by atoms with E-state index in [9.17, 15) is 4.79 Å². The van der Waals surface area contributed by atoms with E-state index in [-0.39, 0.29) is 5.97 Å². The summed E-state index contributed by atoms with van der Waals surface area (Å²) in [7, 11) is 1.73. The first kappa shape index (κ1) is 19.7. The molecule has 0 aromatic carbocycles. The zero-order chi connectivity index (χ0) is 15.8. The SMILES string of the molecule is CCCCOCCCNC(=NC)NCCCC(=O)OCC. The number of hydrogen-bond acceptors (Lipinski definition) is 4. The summed E-state index contributed by atoms with van der Waals surface area (Å²) >= 11 is 0. The van der Waals surface area contributed by atoms with E-state index in [1.807, 2.05) is 6.92 Å². The molecule has 0 atom stereocenters. The van der Waals surface area contributed by atoms with Gasteiger partial charge < -0.3 is 20.1 Å². The highest BCUT2D eigenvalue weighted by molar-refractivity contribution is 5.79. The second kappa shape index (κ2) is 15.1. The van der Waals surface area contributed by atoms with E-state index in [4.69, 9.17) is 9.47 Å². The number of aliphatic imine (C=N–C) groups is 1. The van der Waals surface area contributed by atoms with E-state index in [0.717, 1.165) is 45.0 Å². The van der Waals surface area contributed by atoms with Crippen LogP contribution in [0.25, 0.3) is 0 Å². The van der Waals surface area contributed by atoms with Gasteiger partial charge in [0.1, 0.15) is 0 Å². The van der Waals surface area contributed by atoms with Crippen molar-refractivity contribution in [2.45, 2.75) is 46.0 Å². The molecule has 0 aliphatic carbocycles. The van der Waals surface area contributed by atoms with Gasteiger partial charge in [0.25, 0.3) is 0 Å². The van der Waals surface area contributed by atoms with Crippen LogP contribution in [0.1, 0.15) is 46.0 Å². The molecule has 0 amide bonds. The van der Waals surface area contributed by atoms with Crippen LogP contribution < -0.4 is 10.6 Å². The average molecular weight is 301 g/mol. The molecule has 0 rings (SSSR count). The Balaban J connectivity index is 3.48. The van der Waals surface area contributed by atoms with Crippen molar-refractivity contribution >= 4 is 11.9 Å². The summed E-state index contributed by atoms with van der Waals surface area (Å²) in [6.45, 7) is 7.55. The molecule has 0 unspecified atom stereocenters. The van der Waals surface area contributed by atoms with Crippen LogP contribution in [0.3, 0.4) is 0 Å². The third-order valence-electron chi connectivity index (χ3n) is 2.78. The Morgan fingerprint density at radius 2 is 1.71 bits per heavy atom. The predicted octanol–water partition coefficient (Wildman–Crippen LogP) is 1.70. The topological polar surface area (TPSA) is 72.0 Å². The largest absolute Gasteiger partial charge is 0.466 e. The molecule has 2 N–H and O–H groups in total. The molecule has 124 valence electrons. The molecule has 0 aliphatic heterocycles. The highest BCUT2D eigenvalue weighted by Gasteiger charge is 2.01. The maximum atomic E-state index is 11.2. The quantitative estimate of drug-likeness (QED) is 0.248. The predicted molar refractivity (Wildman–Crippen MR) is 85.6 cm³/mol. The third-order valence-corrected chi connectivity index (χ3v) is 2.78. The molecule has 21 heavy (non-hydrogen) atoms. The number of carbonyl (C=O) groups excluding carboxylic acids is 1. The molecule has 6 heteroatoms. The van der Waals surface area contributed by atoms with Crippen molar-refractivity contribution in [3.05, 3.63) is 0 Å². The van der Waals surface area contributed by atoms with Crippen molar-refractivity contribution in [3.8, 4) is 0 Å². The van der Waals surface area contributed by atoms with E-state index in [1.54, 1.807) is 7.05 Å². The molecule has 0 heterocycles. The molecule has 0 spiro atoms. The second-order valence-corrected chi connectivity index (χ2v) is 4.65. The maximum absolute atomic E-state index is 11.2. The van der Waals surface area contributed by atoms with Crippen LogP contribution in [0.5, 0.6) is 0 Å². The monoisotopic (exact) mass is 301 g/mol. The Morgan fingerprint density at radius 1 is 1.05 bits per heavy atom. The first-order valence-electron chi connectivity index (χ1n) is 7.92. The molecule has 0 fully saturated rings. The Hall–Kier alpha value is -1.30. The summed E-state index contributed by atoms with van der Waals surface area (Å²) in [6, 6.07) is 0. The second-order valence-electron chi connectivity index (χ2n) is 4.65. The molecule has 0 saturated heterocycles. The van der Waals surface area contributed by atoms with Crippen LogP contribution in [0.15, 0.2) is 4.99 Å². The van der Waals surface area contributed by atoms with Crippen LogP contribution in [0, 0.1) is 0 Å². The van der Waals surface area contributed by atoms with Crippen molar-refractivity contribution in [2.75, 3.05) is 40.0 Å². The smallest absolute Gasteiger partial charge is 0.305 e. The molecule has 0 aromatic heterocycles. The lowest BCUT2D eigenvalue weighted by molar-refractivity contribution is -0.143. The lowest BCUT2D eigenvalue weighted by Gasteiger charge is -2.11. The van der Waals surface area contributed by atoms with Crippen LogP contribution in [0.2, 0.25) is 0 Å². The molecular weight excluding hydrogens is 270 g/mol. The number of rotatable bonds is 12. The van der Waals surface area contributed by atoms with Gasteiger partial charge in [0.15, 0.2) is 5.96 Å². The van der Waals surface area contributed by atoms with Gasteiger partial charge in [-0.15, -0.1) is 0 Å². The van der Waals surface area contributed by atoms with Gasteiger partial charge in [-0.1, -0.05) is 13.3 Å². The summed E-state index contributed by atoms with van der Waals surface area (Å²) < 4.78 is 10.4. The van der Waals surface area contributed by atoms with Crippen molar-refractivity contribution < 1.29 is 14.3 Å². The summed E-state index contributed by atoms with van der Waals surface area (Å²) in [5.41, 5.74) is 0. The molecule has 0 aliphatic rings. The van der Waals surface area contributed by atoms with Gasteiger partial charge in [0, 0.05) is 39.8 Å². The summed E-state index contributed by atoms with van der Waals surface area (Å²) in [4.78, 5) is 15.3. The fourth-order valence-corrected chi connectivity index (χ4v) is 1.62. The number of hydrogen-bond donors (Lipinski definition) is 2. The minimum Gasteiger partial charge on any atom is -0.466 e. The molecule has 0 radical (unpaired) electrons. The van der Waals surface area contributed by atoms with Crippen molar-refractivity contribution in [1.82, 2.24) is 10.6 Å². The van der Waals surface area contributed by atoms with Crippen LogP contribution >= 0.6 is 0 Å². The number of carbonyl (C=O) groups is 1. The standard InChI is InChI=1S/C15H31N3O3/c1-4-6-12-20-13-8-11-18-15(16-3)17-10-7-9-14(19)21-5-2/h4-13H2,1-3H3,(H2,16,17,18). The van der Waals surface area contributed by atoms with Crippen molar-refractivity contribution in [1.29, 1.82) is 0 Å². The van der Waals surface area contributed by atoms with E-state index < -0.39 is 0 Å². The van der Waals surface area contributed by atoms with Gasteiger partial charge in [-0.25, -0.2) is 0 Å². The number of nitrogens with zero attached hydrogens (tertiary/aromatic N) is 1. The van der Waals surface area contributed by atoms with Crippen LogP contribution in [-0.2, 0) is 14.3 Å². The summed E-state index contributed by atoms with van der Waals surface area (Å²) in [5, 5.41) is 6.38. The Morgan fingerprint density at radius 3 is 2.33 bits per heavy atom. The highest BCUT2D eigenvalue weighted by atomic mass is 16.5. The van der Waals surface area contributed by atoms with E-state index in [1.165, 1.54) is 6.42 Å². The van der Waals surface area contributed by atoms with E-state index >= 15 is 0 Å². The van der Waals surface area contributed by atoms with Gasteiger partial charge in [0.2, 0.25) is 0 Å². The third kappa shape index (κ3) is 13.4. The zero-order valence-electron chi connectivity index (χ0n) is 13.7. The number of guanidine groups is 1. The zero-order valence-corrected chi connectivity index (χ0v) is 13.7. The normalized spacial score (nSPS) is 11.3. The number of ether oxygens (including phenoxy) is 2. The van der Waals surface area contributed by atoms with Gasteiger partial charge in [-0.2, -0.15) is 0 Å². The molecule has 0 saturated carbocycles. The van der Waals surface area contributed by atoms with Gasteiger partial charge in [-0.3, -0.25) is 9.79 Å². The van der Waals surface area contributed by atoms with Crippen molar-refractivity contribution in [2.24, 2.45) is 4.99 Å². The van der Waals surface area contributed by atoms with E-state index in [0.29, 0.717) is 19.6 Å². The molecule has 6 nitrogen and oxygen atoms in total. The number of nitrogens with one attached hydrogen (secondary N) is 2. The lowest BCUT2D eigenvalue weighted by Crippen LogP contribution is -2.38. The fourth-order valence-electron chi connectivity index (χ4n) is 1.62. The molecular formula is C15H31N3O3.